The number of aliphatic hydroxyl groups is 1. The van der Waals surface area contributed by atoms with Crippen LogP contribution in [0.25, 0.3) is 10.9 Å². The number of methoxy groups -OCH3 is 1. The van der Waals surface area contributed by atoms with Crippen LogP contribution in [0.2, 0.25) is 0 Å². The van der Waals surface area contributed by atoms with Crippen molar-refractivity contribution in [2.75, 3.05) is 13.7 Å². The zero-order chi connectivity index (χ0) is 14.0. The molecule has 0 saturated heterocycles. The van der Waals surface area contributed by atoms with E-state index in [2.05, 4.69) is 16.4 Å². The van der Waals surface area contributed by atoms with Gasteiger partial charge in [0.15, 0.2) is 0 Å². The molecule has 20 heavy (non-hydrogen) atoms. The van der Waals surface area contributed by atoms with Crippen molar-refractivity contribution in [2.45, 2.75) is 31.4 Å². The van der Waals surface area contributed by atoms with Gasteiger partial charge in [0.05, 0.1) is 18.4 Å². The summed E-state index contributed by atoms with van der Waals surface area (Å²) in [4.78, 5) is 4.64. The molecule has 4 heteroatoms. The summed E-state index contributed by atoms with van der Waals surface area (Å²) in [5.74, 6) is 0.793. The van der Waals surface area contributed by atoms with E-state index in [1.165, 1.54) is 0 Å². The molecule has 0 amide bonds. The minimum absolute atomic E-state index is 0.492. The first-order valence-electron chi connectivity index (χ1n) is 7.06. The van der Waals surface area contributed by atoms with Gasteiger partial charge < -0.3 is 15.2 Å². The second-order valence-corrected chi connectivity index (χ2v) is 5.52. The Kier molecular flexibility index (Phi) is 3.59. The average molecular weight is 272 g/mol. The molecule has 0 atom stereocenters. The predicted molar refractivity (Wildman–Crippen MR) is 78.8 cm³/mol. The van der Waals surface area contributed by atoms with Gasteiger partial charge in [0.25, 0.3) is 0 Å². The second-order valence-electron chi connectivity index (χ2n) is 5.52. The quantitative estimate of drug-likeness (QED) is 0.876. The molecule has 1 aliphatic carbocycles. The highest BCUT2D eigenvalue weighted by Gasteiger charge is 2.33. The molecule has 1 heterocycles. The minimum atomic E-state index is -0.492. The molecule has 1 aromatic carbocycles. The summed E-state index contributed by atoms with van der Waals surface area (Å²) < 4.78 is 5.34. The molecule has 106 valence electrons. The van der Waals surface area contributed by atoms with Gasteiger partial charge in [-0.3, -0.25) is 0 Å². The van der Waals surface area contributed by atoms with Crippen LogP contribution in [0.4, 0.5) is 0 Å². The topological polar surface area (TPSA) is 54.4 Å². The third kappa shape index (κ3) is 2.62. The van der Waals surface area contributed by atoms with Crippen molar-refractivity contribution in [2.24, 2.45) is 0 Å². The molecular weight excluding hydrogens is 252 g/mol. The van der Waals surface area contributed by atoms with Gasteiger partial charge in [0, 0.05) is 18.5 Å². The van der Waals surface area contributed by atoms with E-state index in [4.69, 9.17) is 4.74 Å². The molecule has 2 aromatic rings. The maximum Gasteiger partial charge on any atom is 0.145 e. The van der Waals surface area contributed by atoms with Gasteiger partial charge in [-0.05, 0) is 31.4 Å². The van der Waals surface area contributed by atoms with E-state index in [0.29, 0.717) is 13.1 Å². The number of nitrogens with one attached hydrogen (secondary N) is 1. The monoisotopic (exact) mass is 272 g/mol. The smallest absolute Gasteiger partial charge is 0.145 e. The normalized spacial score (nSPS) is 16.9. The van der Waals surface area contributed by atoms with Crippen LogP contribution < -0.4 is 10.1 Å². The van der Waals surface area contributed by atoms with Gasteiger partial charge in [0.2, 0.25) is 0 Å². The van der Waals surface area contributed by atoms with Crippen molar-refractivity contribution in [3.8, 4) is 5.75 Å². The van der Waals surface area contributed by atoms with Crippen molar-refractivity contribution in [3.05, 3.63) is 36.0 Å². The second kappa shape index (κ2) is 5.38. The highest BCUT2D eigenvalue weighted by Crippen LogP contribution is 2.30. The number of para-hydroxylation sites is 1. The van der Waals surface area contributed by atoms with Gasteiger partial charge in [-0.15, -0.1) is 0 Å². The van der Waals surface area contributed by atoms with Crippen LogP contribution >= 0.6 is 0 Å². The number of rotatable bonds is 5. The van der Waals surface area contributed by atoms with E-state index >= 15 is 0 Å². The molecule has 0 aliphatic heterocycles. The summed E-state index contributed by atoms with van der Waals surface area (Å²) in [6, 6.07) is 9.98. The number of hydrogen-bond acceptors (Lipinski definition) is 4. The summed E-state index contributed by atoms with van der Waals surface area (Å²) in [6.07, 6.45) is 2.93. The summed E-state index contributed by atoms with van der Waals surface area (Å²) >= 11 is 0. The Morgan fingerprint density at radius 3 is 2.85 bits per heavy atom. The predicted octanol–water partition coefficient (Wildman–Crippen LogP) is 2.25. The van der Waals surface area contributed by atoms with Crippen LogP contribution in [-0.2, 0) is 6.54 Å². The number of nitrogens with zero attached hydrogens (tertiary/aromatic N) is 1. The summed E-state index contributed by atoms with van der Waals surface area (Å²) in [6.45, 7) is 1.30. The third-order valence-corrected chi connectivity index (χ3v) is 4.01. The Balaban J connectivity index is 1.71. The van der Waals surface area contributed by atoms with E-state index in [1.54, 1.807) is 7.11 Å². The fraction of sp³-hybridized carbons (Fsp3) is 0.438. The molecule has 1 aliphatic rings. The Hall–Kier alpha value is -1.65. The number of fused-ring (bicyclic) bond motifs is 1. The van der Waals surface area contributed by atoms with E-state index in [9.17, 15) is 5.11 Å². The molecule has 0 radical (unpaired) electrons. The lowest BCUT2D eigenvalue weighted by Gasteiger charge is -2.36. The third-order valence-electron chi connectivity index (χ3n) is 4.01. The summed E-state index contributed by atoms with van der Waals surface area (Å²) in [5, 5.41) is 14.4. The maximum atomic E-state index is 10.0. The van der Waals surface area contributed by atoms with E-state index in [0.717, 1.165) is 41.6 Å². The average Bonchev–Trinajstić information content (AvgIpc) is 2.44. The molecule has 2 N–H and O–H groups in total. The summed E-state index contributed by atoms with van der Waals surface area (Å²) in [5.41, 5.74) is 1.36. The number of ether oxygens (including phenoxy) is 1. The lowest BCUT2D eigenvalue weighted by atomic mass is 9.80. The van der Waals surface area contributed by atoms with Gasteiger partial charge in [-0.2, -0.15) is 0 Å². The number of benzene rings is 1. The van der Waals surface area contributed by atoms with Crippen molar-refractivity contribution >= 4 is 10.9 Å². The van der Waals surface area contributed by atoms with Crippen LogP contribution in [0.5, 0.6) is 5.75 Å². The van der Waals surface area contributed by atoms with E-state index in [1.807, 2.05) is 24.3 Å². The lowest BCUT2D eigenvalue weighted by Crippen LogP contribution is -2.46. The van der Waals surface area contributed by atoms with Crippen LogP contribution in [0.1, 0.15) is 25.0 Å². The Bertz CT molecular complexity index is 608. The first-order chi connectivity index (χ1) is 9.70. The zero-order valence-corrected chi connectivity index (χ0v) is 11.7. The van der Waals surface area contributed by atoms with Crippen LogP contribution in [0, 0.1) is 0 Å². The van der Waals surface area contributed by atoms with Crippen molar-refractivity contribution in [1.29, 1.82) is 0 Å². The van der Waals surface area contributed by atoms with Crippen LogP contribution in [0.3, 0.4) is 0 Å². The molecule has 3 rings (SSSR count). The number of aromatic nitrogens is 1. The highest BCUT2D eigenvalue weighted by atomic mass is 16.5. The zero-order valence-electron chi connectivity index (χ0n) is 11.7. The summed E-state index contributed by atoms with van der Waals surface area (Å²) in [7, 11) is 1.66. The Labute approximate surface area is 118 Å². The van der Waals surface area contributed by atoms with Gasteiger partial charge in [-0.25, -0.2) is 4.98 Å². The van der Waals surface area contributed by atoms with E-state index < -0.39 is 5.60 Å². The molecule has 1 saturated carbocycles. The van der Waals surface area contributed by atoms with Crippen molar-refractivity contribution < 1.29 is 9.84 Å². The van der Waals surface area contributed by atoms with Gasteiger partial charge in [-0.1, -0.05) is 18.2 Å². The molecule has 0 bridgehead atoms. The molecule has 0 unspecified atom stereocenters. The fourth-order valence-electron chi connectivity index (χ4n) is 2.61. The van der Waals surface area contributed by atoms with Gasteiger partial charge in [0.1, 0.15) is 11.3 Å². The van der Waals surface area contributed by atoms with Crippen LogP contribution in [0.15, 0.2) is 30.3 Å². The molecular formula is C16H20N2O2. The largest absolute Gasteiger partial charge is 0.494 e. The van der Waals surface area contributed by atoms with Crippen molar-refractivity contribution in [3.63, 3.8) is 0 Å². The molecule has 0 spiro atoms. The first kappa shape index (κ1) is 13.3. The number of hydrogen-bond donors (Lipinski definition) is 2. The fourth-order valence-corrected chi connectivity index (χ4v) is 2.61. The number of pyridine rings is 1. The molecule has 1 fully saturated rings. The molecule has 1 aromatic heterocycles. The lowest BCUT2D eigenvalue weighted by molar-refractivity contribution is -0.0315. The van der Waals surface area contributed by atoms with E-state index in [-0.39, 0.29) is 0 Å². The van der Waals surface area contributed by atoms with Gasteiger partial charge >= 0.3 is 0 Å². The Morgan fingerprint density at radius 1 is 1.30 bits per heavy atom. The van der Waals surface area contributed by atoms with Crippen LogP contribution in [-0.4, -0.2) is 29.3 Å². The Morgan fingerprint density at radius 2 is 2.15 bits per heavy atom. The maximum absolute atomic E-state index is 10.0. The standard InChI is InChI=1S/C16H20N2O2/c1-20-14-5-2-4-12-6-7-13(18-15(12)14)10-17-11-16(19)8-3-9-16/h2,4-7,17,19H,3,8-11H2,1H3. The minimum Gasteiger partial charge on any atom is -0.494 e. The first-order valence-corrected chi connectivity index (χ1v) is 7.06. The van der Waals surface area contributed by atoms with Crippen molar-refractivity contribution in [1.82, 2.24) is 10.3 Å². The highest BCUT2D eigenvalue weighted by molar-refractivity contribution is 5.84. The molecule has 4 nitrogen and oxygen atoms in total. The SMILES string of the molecule is COc1cccc2ccc(CNCC3(O)CCC3)nc12.